The highest BCUT2D eigenvalue weighted by Gasteiger charge is 2.34. The van der Waals surface area contributed by atoms with Crippen molar-refractivity contribution < 1.29 is 13.5 Å². The number of hydrogen-bond donors (Lipinski definition) is 2. The van der Waals surface area contributed by atoms with Crippen LogP contribution in [0, 0.1) is 0 Å². The van der Waals surface area contributed by atoms with Gasteiger partial charge >= 0.3 is 0 Å². The van der Waals surface area contributed by atoms with Crippen LogP contribution in [0.4, 0.5) is 0 Å². The Labute approximate surface area is 104 Å². The van der Waals surface area contributed by atoms with E-state index in [1.54, 1.807) is 0 Å². The van der Waals surface area contributed by atoms with Crippen molar-refractivity contribution in [1.29, 1.82) is 0 Å². The lowest BCUT2D eigenvalue weighted by Gasteiger charge is -2.37. The smallest absolute Gasteiger partial charge is 0.211 e. The van der Waals surface area contributed by atoms with Crippen molar-refractivity contribution in [3.05, 3.63) is 0 Å². The number of nitrogens with zero attached hydrogens (tertiary/aromatic N) is 1. The molecule has 1 aliphatic rings. The van der Waals surface area contributed by atoms with Gasteiger partial charge in [0.25, 0.3) is 0 Å². The molecule has 0 amide bonds. The molecule has 0 aromatic heterocycles. The molecule has 1 saturated heterocycles. The van der Waals surface area contributed by atoms with Crippen molar-refractivity contribution in [2.24, 2.45) is 0 Å². The molecule has 2 N–H and O–H groups in total. The summed E-state index contributed by atoms with van der Waals surface area (Å²) >= 11 is 0. The molecule has 1 heterocycles. The monoisotopic (exact) mass is 264 g/mol. The lowest BCUT2D eigenvalue weighted by molar-refractivity contribution is -0.00361. The number of piperidine rings is 1. The first kappa shape index (κ1) is 14.9. The van der Waals surface area contributed by atoms with Crippen molar-refractivity contribution in [2.45, 2.75) is 38.2 Å². The summed E-state index contributed by atoms with van der Waals surface area (Å²) < 4.78 is 24.1. The van der Waals surface area contributed by atoms with Crippen LogP contribution in [-0.2, 0) is 10.0 Å². The van der Waals surface area contributed by atoms with Crippen LogP contribution in [0.1, 0.15) is 32.6 Å². The molecule has 6 heteroatoms. The van der Waals surface area contributed by atoms with Gasteiger partial charge in [-0.05, 0) is 25.8 Å². The minimum Gasteiger partial charge on any atom is -0.388 e. The molecule has 0 aromatic carbocycles. The Morgan fingerprint density at radius 3 is 2.41 bits per heavy atom. The predicted octanol–water partition coefficient (Wildman–Crippen LogP) is 0.163. The largest absolute Gasteiger partial charge is 0.388 e. The van der Waals surface area contributed by atoms with Crippen molar-refractivity contribution in [3.63, 3.8) is 0 Å². The third kappa shape index (κ3) is 4.91. The van der Waals surface area contributed by atoms with Gasteiger partial charge in [0, 0.05) is 19.6 Å². The van der Waals surface area contributed by atoms with Crippen molar-refractivity contribution in [1.82, 2.24) is 9.62 Å². The van der Waals surface area contributed by atoms with E-state index in [2.05, 4.69) is 12.2 Å². The molecule has 5 nitrogen and oxygen atoms in total. The van der Waals surface area contributed by atoms with Crippen LogP contribution in [0.25, 0.3) is 0 Å². The van der Waals surface area contributed by atoms with Gasteiger partial charge in [-0.2, -0.15) is 0 Å². The topological polar surface area (TPSA) is 69.6 Å². The molecule has 0 bridgehead atoms. The lowest BCUT2D eigenvalue weighted by Crippen LogP contribution is -2.51. The third-order valence-electron chi connectivity index (χ3n) is 3.28. The van der Waals surface area contributed by atoms with E-state index in [1.165, 1.54) is 10.6 Å². The molecule has 0 saturated carbocycles. The van der Waals surface area contributed by atoms with Gasteiger partial charge in [-0.15, -0.1) is 0 Å². The molecule has 0 spiro atoms. The summed E-state index contributed by atoms with van der Waals surface area (Å²) in [5.41, 5.74) is -0.741. The average molecular weight is 264 g/mol. The summed E-state index contributed by atoms with van der Waals surface area (Å²) in [6.07, 6.45) is 4.48. The van der Waals surface area contributed by atoms with E-state index in [1.807, 2.05) is 0 Å². The summed E-state index contributed by atoms with van der Waals surface area (Å²) in [6.45, 7) is 4.44. The number of nitrogens with one attached hydrogen (secondary N) is 1. The third-order valence-corrected chi connectivity index (χ3v) is 4.59. The first-order valence-corrected chi connectivity index (χ1v) is 8.10. The Bertz CT molecular complexity index is 322. The zero-order chi connectivity index (χ0) is 12.9. The van der Waals surface area contributed by atoms with Crippen molar-refractivity contribution >= 4 is 10.0 Å². The maximum atomic E-state index is 11.3. The summed E-state index contributed by atoms with van der Waals surface area (Å²) in [5.74, 6) is 0. The molecule has 0 unspecified atom stereocenters. The van der Waals surface area contributed by atoms with Crippen LogP contribution in [0.2, 0.25) is 0 Å². The minimum atomic E-state index is -3.10. The zero-order valence-electron chi connectivity index (χ0n) is 10.8. The fourth-order valence-corrected chi connectivity index (χ4v) is 2.88. The summed E-state index contributed by atoms with van der Waals surface area (Å²) in [7, 11) is -3.10. The van der Waals surface area contributed by atoms with E-state index in [9.17, 15) is 13.5 Å². The highest BCUT2D eigenvalue weighted by Crippen LogP contribution is 2.22. The zero-order valence-corrected chi connectivity index (χ0v) is 11.6. The normalized spacial score (nSPS) is 21.6. The number of sulfonamides is 1. The molecule has 0 atom stereocenters. The van der Waals surface area contributed by atoms with E-state index in [-0.39, 0.29) is 0 Å². The van der Waals surface area contributed by atoms with Gasteiger partial charge < -0.3 is 10.4 Å². The Kier molecular flexibility index (Phi) is 5.37. The molecule has 0 radical (unpaired) electrons. The Hall–Kier alpha value is -0.170. The van der Waals surface area contributed by atoms with Crippen LogP contribution < -0.4 is 5.32 Å². The molecular weight excluding hydrogens is 240 g/mol. The van der Waals surface area contributed by atoms with E-state index >= 15 is 0 Å². The predicted molar refractivity (Wildman–Crippen MR) is 68.4 cm³/mol. The fourth-order valence-electron chi connectivity index (χ4n) is 2.03. The van der Waals surface area contributed by atoms with E-state index in [0.717, 1.165) is 19.4 Å². The highest BCUT2D eigenvalue weighted by atomic mass is 32.2. The second kappa shape index (κ2) is 6.13. The van der Waals surface area contributed by atoms with Crippen LogP contribution in [0.3, 0.4) is 0 Å². The number of hydrogen-bond acceptors (Lipinski definition) is 4. The molecule has 17 heavy (non-hydrogen) atoms. The SMILES string of the molecule is CCCCNCC1(O)CCN(S(C)(=O)=O)CC1. The maximum absolute atomic E-state index is 11.3. The highest BCUT2D eigenvalue weighted by molar-refractivity contribution is 7.88. The quantitative estimate of drug-likeness (QED) is 0.671. The minimum absolute atomic E-state index is 0.421. The second-order valence-corrected chi connectivity index (χ2v) is 6.90. The maximum Gasteiger partial charge on any atom is 0.211 e. The van der Waals surface area contributed by atoms with Crippen molar-refractivity contribution in [2.75, 3.05) is 32.4 Å². The lowest BCUT2D eigenvalue weighted by atomic mass is 9.92. The Morgan fingerprint density at radius 1 is 1.35 bits per heavy atom. The van der Waals surface area contributed by atoms with Crippen molar-refractivity contribution in [3.8, 4) is 0 Å². The van der Waals surface area contributed by atoms with Gasteiger partial charge in [-0.3, -0.25) is 0 Å². The van der Waals surface area contributed by atoms with Gasteiger partial charge in [-0.25, -0.2) is 12.7 Å². The summed E-state index contributed by atoms with van der Waals surface area (Å²) in [6, 6.07) is 0. The molecular formula is C11H24N2O3S. The summed E-state index contributed by atoms with van der Waals surface area (Å²) in [4.78, 5) is 0. The van der Waals surface area contributed by atoms with Gasteiger partial charge in [0.05, 0.1) is 11.9 Å². The van der Waals surface area contributed by atoms with Crippen LogP contribution in [-0.4, -0.2) is 55.9 Å². The Balaban J connectivity index is 2.34. The second-order valence-electron chi connectivity index (χ2n) is 4.92. The van der Waals surface area contributed by atoms with Crippen LogP contribution >= 0.6 is 0 Å². The summed E-state index contributed by atoms with van der Waals surface area (Å²) in [5, 5.41) is 13.5. The molecule has 1 fully saturated rings. The van der Waals surface area contributed by atoms with E-state index < -0.39 is 15.6 Å². The average Bonchev–Trinajstić information content (AvgIpc) is 2.24. The van der Waals surface area contributed by atoms with Gasteiger partial charge in [-0.1, -0.05) is 13.3 Å². The Morgan fingerprint density at radius 2 is 1.94 bits per heavy atom. The fraction of sp³-hybridized carbons (Fsp3) is 1.00. The standard InChI is InChI=1S/C11H24N2O3S/c1-3-4-7-12-10-11(14)5-8-13(9-6-11)17(2,15)16/h12,14H,3-10H2,1-2H3. The van der Waals surface area contributed by atoms with Crippen LogP contribution in [0.5, 0.6) is 0 Å². The molecule has 0 aliphatic carbocycles. The first-order valence-electron chi connectivity index (χ1n) is 6.26. The molecule has 0 aromatic rings. The number of unbranched alkanes of at least 4 members (excludes halogenated alkanes) is 1. The molecule has 102 valence electrons. The number of aliphatic hydroxyl groups is 1. The van der Waals surface area contributed by atoms with E-state index in [4.69, 9.17) is 0 Å². The first-order chi connectivity index (χ1) is 7.87. The van der Waals surface area contributed by atoms with Crippen LogP contribution in [0.15, 0.2) is 0 Å². The van der Waals surface area contributed by atoms with Gasteiger partial charge in [0.15, 0.2) is 0 Å². The molecule has 1 aliphatic heterocycles. The number of rotatable bonds is 6. The molecule has 1 rings (SSSR count). The van der Waals surface area contributed by atoms with Gasteiger partial charge in [0.1, 0.15) is 0 Å². The van der Waals surface area contributed by atoms with E-state index in [0.29, 0.717) is 32.5 Å². The van der Waals surface area contributed by atoms with Gasteiger partial charge in [0.2, 0.25) is 10.0 Å².